The summed E-state index contributed by atoms with van der Waals surface area (Å²) in [6.07, 6.45) is 6.59. The number of nitrogens with two attached hydrogens (primary N) is 1. The van der Waals surface area contributed by atoms with E-state index in [1.165, 1.54) is 6.07 Å². The molecule has 0 aliphatic heterocycles. The summed E-state index contributed by atoms with van der Waals surface area (Å²) in [4.78, 5) is 26.0. The zero-order valence-electron chi connectivity index (χ0n) is 18.2. The minimum absolute atomic E-state index is 0.0894. The second kappa shape index (κ2) is 7.18. The van der Waals surface area contributed by atoms with Gasteiger partial charge in [0.2, 0.25) is 21.8 Å². The van der Waals surface area contributed by atoms with Gasteiger partial charge in [0, 0.05) is 10.6 Å². The van der Waals surface area contributed by atoms with E-state index in [1.54, 1.807) is 19.1 Å². The fourth-order valence-electron chi connectivity index (χ4n) is 7.15. The number of carbonyl (C=O) groups is 2. The first-order valence-electron chi connectivity index (χ1n) is 11.4. The van der Waals surface area contributed by atoms with Gasteiger partial charge in [-0.05, 0) is 94.2 Å². The third-order valence-corrected chi connectivity index (χ3v) is 10.5. The van der Waals surface area contributed by atoms with Crippen molar-refractivity contribution in [1.82, 2.24) is 10.0 Å². The lowest BCUT2D eigenvalue weighted by Gasteiger charge is -2.61. The molecule has 2 unspecified atom stereocenters. The summed E-state index contributed by atoms with van der Waals surface area (Å²) < 4.78 is 29.1. The largest absolute Gasteiger partial charge is 0.369 e. The molecule has 1 aromatic rings. The SMILES string of the molecule is Cc1c(Cl)cccc1S(=O)(=O)NC1(C(=O)NC23CC4CC(C2)CC(C(N)=O)(C4)C3)CCC1. The van der Waals surface area contributed by atoms with E-state index in [0.717, 1.165) is 38.5 Å². The molecule has 7 nitrogen and oxygen atoms in total. The Morgan fingerprint density at radius 3 is 2.34 bits per heavy atom. The molecule has 4 N–H and O–H groups in total. The number of hydrogen-bond donors (Lipinski definition) is 3. The van der Waals surface area contributed by atoms with Crippen LogP contribution in [0.2, 0.25) is 5.02 Å². The molecule has 0 saturated heterocycles. The lowest BCUT2D eigenvalue weighted by atomic mass is 9.46. The van der Waals surface area contributed by atoms with Crippen LogP contribution in [0.5, 0.6) is 0 Å². The summed E-state index contributed by atoms with van der Waals surface area (Å²) in [6.45, 7) is 1.66. The van der Waals surface area contributed by atoms with Crippen LogP contribution in [0.3, 0.4) is 0 Å². The molecule has 1 aromatic carbocycles. The lowest BCUT2D eigenvalue weighted by Crippen LogP contribution is -2.70. The third-order valence-electron chi connectivity index (χ3n) is 8.44. The molecule has 6 rings (SSSR count). The van der Waals surface area contributed by atoms with Crippen LogP contribution in [0, 0.1) is 24.2 Å². The van der Waals surface area contributed by atoms with E-state index in [2.05, 4.69) is 10.0 Å². The van der Waals surface area contributed by atoms with Crippen molar-refractivity contribution < 1.29 is 18.0 Å². The molecule has 174 valence electrons. The molecule has 5 saturated carbocycles. The highest BCUT2D eigenvalue weighted by molar-refractivity contribution is 7.89. The minimum atomic E-state index is -3.94. The van der Waals surface area contributed by atoms with Crippen molar-refractivity contribution in [3.8, 4) is 0 Å². The molecule has 5 aliphatic carbocycles. The average Bonchev–Trinajstić information content (AvgIpc) is 2.65. The molecule has 0 heterocycles. The van der Waals surface area contributed by atoms with Crippen LogP contribution in [-0.4, -0.2) is 31.3 Å². The van der Waals surface area contributed by atoms with Crippen molar-refractivity contribution in [2.24, 2.45) is 23.0 Å². The van der Waals surface area contributed by atoms with E-state index in [4.69, 9.17) is 17.3 Å². The zero-order chi connectivity index (χ0) is 22.9. The molecule has 0 aromatic heterocycles. The van der Waals surface area contributed by atoms with E-state index in [9.17, 15) is 18.0 Å². The molecule has 0 radical (unpaired) electrons. The van der Waals surface area contributed by atoms with Crippen molar-refractivity contribution in [2.45, 2.75) is 80.7 Å². The fourth-order valence-corrected chi connectivity index (χ4v) is 9.08. The number of rotatable bonds is 6. The molecule has 0 spiro atoms. The number of sulfonamides is 1. The molecule has 9 heteroatoms. The van der Waals surface area contributed by atoms with Crippen molar-refractivity contribution >= 4 is 33.4 Å². The number of primary amides is 1. The van der Waals surface area contributed by atoms with E-state index in [1.807, 2.05) is 0 Å². The normalized spacial score (nSPS) is 34.7. The van der Waals surface area contributed by atoms with Crippen LogP contribution in [-0.2, 0) is 19.6 Å². The molecule has 5 fully saturated rings. The predicted molar refractivity (Wildman–Crippen MR) is 120 cm³/mol. The Labute approximate surface area is 193 Å². The smallest absolute Gasteiger partial charge is 0.241 e. The molecule has 4 bridgehead atoms. The van der Waals surface area contributed by atoms with Gasteiger partial charge in [-0.3, -0.25) is 9.59 Å². The van der Waals surface area contributed by atoms with Crippen molar-refractivity contribution in [3.05, 3.63) is 28.8 Å². The Balaban J connectivity index is 1.40. The summed E-state index contributed by atoms with van der Waals surface area (Å²) in [5.41, 5.74) is 4.10. The summed E-state index contributed by atoms with van der Waals surface area (Å²) in [5.74, 6) is 0.216. The van der Waals surface area contributed by atoms with Gasteiger partial charge >= 0.3 is 0 Å². The Kier molecular flexibility index (Phi) is 4.97. The monoisotopic (exact) mass is 479 g/mol. The molecule has 5 aliphatic rings. The first kappa shape index (κ1) is 22.2. The van der Waals surface area contributed by atoms with Gasteiger partial charge in [0.1, 0.15) is 5.54 Å². The van der Waals surface area contributed by atoms with Gasteiger partial charge in [0.05, 0.1) is 10.3 Å². The van der Waals surface area contributed by atoms with Crippen LogP contribution in [0.25, 0.3) is 0 Å². The third kappa shape index (κ3) is 3.37. The maximum Gasteiger partial charge on any atom is 0.241 e. The number of halogens is 1. The number of hydrogen-bond acceptors (Lipinski definition) is 4. The van der Waals surface area contributed by atoms with Crippen molar-refractivity contribution in [3.63, 3.8) is 0 Å². The van der Waals surface area contributed by atoms with Crippen LogP contribution in [0.1, 0.15) is 63.4 Å². The molecule has 2 amide bonds. The Bertz CT molecular complexity index is 1080. The fraction of sp³-hybridized carbons (Fsp3) is 0.652. The number of benzene rings is 1. The maximum absolute atomic E-state index is 13.6. The number of amides is 2. The molecule has 2 atom stereocenters. The van der Waals surface area contributed by atoms with E-state index in [0.29, 0.717) is 41.7 Å². The Hall–Kier alpha value is -1.64. The first-order chi connectivity index (χ1) is 15.0. The highest BCUT2D eigenvalue weighted by atomic mass is 35.5. The van der Waals surface area contributed by atoms with Gasteiger partial charge in [-0.2, -0.15) is 4.72 Å². The van der Waals surface area contributed by atoms with Gasteiger partial charge in [0.15, 0.2) is 0 Å². The summed E-state index contributed by atoms with van der Waals surface area (Å²) in [6, 6.07) is 4.74. The van der Waals surface area contributed by atoms with Crippen LogP contribution in [0.4, 0.5) is 0 Å². The number of nitrogens with one attached hydrogen (secondary N) is 2. The van der Waals surface area contributed by atoms with E-state index < -0.39 is 26.5 Å². The number of carbonyl (C=O) groups excluding carboxylic acids is 2. The zero-order valence-corrected chi connectivity index (χ0v) is 19.8. The Morgan fingerprint density at radius 1 is 1.12 bits per heavy atom. The second-order valence-electron chi connectivity index (χ2n) is 10.7. The van der Waals surface area contributed by atoms with Crippen molar-refractivity contribution in [2.75, 3.05) is 0 Å². The topological polar surface area (TPSA) is 118 Å². The summed E-state index contributed by atoms with van der Waals surface area (Å²) in [7, 11) is -3.94. The van der Waals surface area contributed by atoms with Crippen LogP contribution in [0.15, 0.2) is 23.1 Å². The highest BCUT2D eigenvalue weighted by Gasteiger charge is 2.61. The quantitative estimate of drug-likeness (QED) is 0.581. The predicted octanol–water partition coefficient (Wildman–Crippen LogP) is 2.79. The maximum atomic E-state index is 13.6. The van der Waals surface area contributed by atoms with Gasteiger partial charge in [0.25, 0.3) is 0 Å². The van der Waals surface area contributed by atoms with Crippen LogP contribution >= 0.6 is 11.6 Å². The average molecular weight is 480 g/mol. The minimum Gasteiger partial charge on any atom is -0.369 e. The molecule has 32 heavy (non-hydrogen) atoms. The lowest BCUT2D eigenvalue weighted by molar-refractivity contribution is -0.152. The molecular weight excluding hydrogens is 450 g/mol. The van der Waals surface area contributed by atoms with Crippen LogP contribution < -0.4 is 15.8 Å². The summed E-state index contributed by atoms with van der Waals surface area (Å²) >= 11 is 6.13. The van der Waals surface area contributed by atoms with Gasteiger partial charge in [-0.1, -0.05) is 17.7 Å². The van der Waals surface area contributed by atoms with Gasteiger partial charge < -0.3 is 11.1 Å². The van der Waals surface area contributed by atoms with Gasteiger partial charge in [-0.15, -0.1) is 0 Å². The van der Waals surface area contributed by atoms with Gasteiger partial charge in [-0.25, -0.2) is 8.42 Å². The first-order valence-corrected chi connectivity index (χ1v) is 13.3. The van der Waals surface area contributed by atoms with Crippen molar-refractivity contribution in [1.29, 1.82) is 0 Å². The second-order valence-corrected chi connectivity index (χ2v) is 12.8. The van der Waals surface area contributed by atoms with E-state index >= 15 is 0 Å². The highest BCUT2D eigenvalue weighted by Crippen LogP contribution is 2.61. The summed E-state index contributed by atoms with van der Waals surface area (Å²) in [5, 5.41) is 3.61. The Morgan fingerprint density at radius 2 is 1.78 bits per heavy atom. The standard InChI is InChI=1S/C23H30ClN3O4S/c1-14-17(24)4-2-5-18(14)32(30,31)27-23(6-3-7-23)20(29)26-22-11-15-8-16(12-22)10-21(9-15,13-22)19(25)28/h2,4-5,15-16,27H,3,6-13H2,1H3,(H2,25,28)(H,26,29). The van der Waals surface area contributed by atoms with E-state index in [-0.39, 0.29) is 16.7 Å². The molecular formula is C23H30ClN3O4S.